The van der Waals surface area contributed by atoms with Crippen LogP contribution in [0, 0.1) is 0 Å². The summed E-state index contributed by atoms with van der Waals surface area (Å²) >= 11 is 10.5. The van der Waals surface area contributed by atoms with Crippen LogP contribution in [-0.4, -0.2) is 19.5 Å². The van der Waals surface area contributed by atoms with Crippen molar-refractivity contribution in [1.82, 2.24) is 14.9 Å². The summed E-state index contributed by atoms with van der Waals surface area (Å²) < 4.78 is 14.6. The van der Waals surface area contributed by atoms with Gasteiger partial charge < -0.3 is 4.55 Å². The van der Waals surface area contributed by atoms with Gasteiger partial charge in [-0.15, -0.1) is 14.9 Å². The van der Waals surface area contributed by atoms with Gasteiger partial charge in [0.25, 0.3) is 0 Å². The Morgan fingerprint density at radius 1 is 1.35 bits per heavy atom. The summed E-state index contributed by atoms with van der Waals surface area (Å²) in [5.74, 6) is 0. The highest BCUT2D eigenvalue weighted by Crippen LogP contribution is 2.25. The fraction of sp³-hybridized carbons (Fsp3) is 0.600. The lowest BCUT2D eigenvalue weighted by molar-refractivity contribution is 0.531. The van der Waals surface area contributed by atoms with Crippen molar-refractivity contribution in [2.75, 3.05) is 0 Å². The third-order valence-corrected chi connectivity index (χ3v) is 4.21. The van der Waals surface area contributed by atoms with Gasteiger partial charge in [-0.2, -0.15) is 0 Å². The molecule has 0 fully saturated rings. The third-order valence-electron chi connectivity index (χ3n) is 2.05. The Morgan fingerprint density at radius 2 is 1.94 bits per heavy atom. The Labute approximate surface area is 114 Å². The van der Waals surface area contributed by atoms with Gasteiger partial charge >= 0.3 is 0 Å². The van der Waals surface area contributed by atoms with Crippen molar-refractivity contribution in [2.45, 2.75) is 38.5 Å². The molecule has 2 atom stereocenters. The van der Waals surface area contributed by atoms with Crippen molar-refractivity contribution in [3.63, 3.8) is 0 Å². The fourth-order valence-corrected chi connectivity index (χ4v) is 2.28. The lowest BCUT2D eigenvalue weighted by atomic mass is 10.2. The molecule has 0 aliphatic heterocycles. The Hall–Kier alpha value is -0.0700. The van der Waals surface area contributed by atoms with Crippen molar-refractivity contribution in [3.8, 4) is 0 Å². The molecule has 1 unspecified atom stereocenters. The highest BCUT2D eigenvalue weighted by molar-refractivity contribution is 7.90. The molecular formula is C10H15Cl2N3OS. The van der Waals surface area contributed by atoms with Crippen molar-refractivity contribution in [1.29, 1.82) is 0 Å². The van der Waals surface area contributed by atoms with E-state index in [1.165, 1.54) is 0 Å². The molecule has 0 saturated heterocycles. The zero-order chi connectivity index (χ0) is 13.2. The number of aromatic nitrogens is 2. The van der Waals surface area contributed by atoms with Gasteiger partial charge in [-0.25, -0.2) is 0 Å². The topological polar surface area (TPSA) is 60.9 Å². The minimum Gasteiger partial charge on any atom is -0.598 e. The molecule has 0 aromatic carbocycles. The normalized spacial score (nSPS) is 15.7. The molecule has 0 aliphatic rings. The highest BCUT2D eigenvalue weighted by Gasteiger charge is 2.29. The number of rotatable bonds is 3. The lowest BCUT2D eigenvalue weighted by Crippen LogP contribution is -2.40. The Bertz CT molecular complexity index is 398. The molecule has 0 amide bonds. The minimum absolute atomic E-state index is 0.212. The van der Waals surface area contributed by atoms with Crippen LogP contribution >= 0.6 is 23.2 Å². The number of nitrogens with one attached hydrogen (secondary N) is 1. The first-order chi connectivity index (χ1) is 7.71. The maximum absolute atomic E-state index is 11.9. The Morgan fingerprint density at radius 3 is 2.47 bits per heavy atom. The summed E-state index contributed by atoms with van der Waals surface area (Å²) in [6.07, 6.45) is 0. The van der Waals surface area contributed by atoms with Crippen LogP contribution in [0.15, 0.2) is 6.07 Å². The molecule has 0 saturated carbocycles. The van der Waals surface area contributed by atoms with Crippen LogP contribution in [0.5, 0.6) is 0 Å². The predicted octanol–water partition coefficient (Wildman–Crippen LogP) is 2.90. The molecule has 0 radical (unpaired) electrons. The van der Waals surface area contributed by atoms with Gasteiger partial charge in [0, 0.05) is 16.9 Å². The van der Waals surface area contributed by atoms with Gasteiger partial charge in [-0.05, 0) is 33.8 Å². The summed E-state index contributed by atoms with van der Waals surface area (Å²) in [7, 11) is 0. The molecule has 4 nitrogen and oxygen atoms in total. The molecule has 1 aromatic rings. The van der Waals surface area contributed by atoms with Crippen LogP contribution in [0.3, 0.4) is 0 Å². The number of hydrogen-bond acceptors (Lipinski definition) is 4. The maximum atomic E-state index is 11.9. The van der Waals surface area contributed by atoms with E-state index in [1.54, 1.807) is 6.07 Å². The number of nitrogens with zero attached hydrogens (tertiary/aromatic N) is 2. The zero-order valence-electron chi connectivity index (χ0n) is 10.1. The second-order valence-electron chi connectivity index (χ2n) is 4.63. The van der Waals surface area contributed by atoms with E-state index in [0.717, 1.165) is 0 Å². The molecular weight excluding hydrogens is 281 g/mol. The first kappa shape index (κ1) is 15.0. The van der Waals surface area contributed by atoms with Crippen molar-refractivity contribution in [3.05, 3.63) is 21.9 Å². The third kappa shape index (κ3) is 4.26. The molecule has 17 heavy (non-hydrogen) atoms. The minimum atomic E-state index is -1.18. The van der Waals surface area contributed by atoms with Gasteiger partial charge in [0.15, 0.2) is 10.3 Å². The summed E-state index contributed by atoms with van der Waals surface area (Å²) in [5, 5.41) is 7.87. The monoisotopic (exact) mass is 295 g/mol. The van der Waals surface area contributed by atoms with E-state index in [2.05, 4.69) is 14.9 Å². The fourth-order valence-electron chi connectivity index (χ4n) is 1.07. The molecule has 1 aromatic heterocycles. The van der Waals surface area contributed by atoms with Crippen LogP contribution in [0.4, 0.5) is 0 Å². The average Bonchev–Trinajstić information content (AvgIpc) is 2.20. The van der Waals surface area contributed by atoms with E-state index in [1.807, 2.05) is 27.7 Å². The van der Waals surface area contributed by atoms with Crippen LogP contribution in [-0.2, 0) is 11.4 Å². The van der Waals surface area contributed by atoms with Gasteiger partial charge in [-0.3, -0.25) is 0 Å². The van der Waals surface area contributed by atoms with E-state index in [0.29, 0.717) is 5.56 Å². The maximum Gasteiger partial charge on any atom is 0.156 e. The van der Waals surface area contributed by atoms with Crippen molar-refractivity contribution < 1.29 is 4.55 Å². The molecule has 7 heteroatoms. The molecule has 0 aliphatic carbocycles. The molecule has 1 N–H and O–H groups in total. The predicted molar refractivity (Wildman–Crippen MR) is 71.5 cm³/mol. The van der Waals surface area contributed by atoms with E-state index < -0.39 is 11.4 Å². The van der Waals surface area contributed by atoms with Crippen molar-refractivity contribution >= 4 is 34.6 Å². The summed E-state index contributed by atoms with van der Waals surface area (Å²) in [4.78, 5) is 0. The first-order valence-corrected chi connectivity index (χ1v) is 6.99. The molecule has 0 spiro atoms. The SMILES string of the molecule is CC(N[S@@+]([O-])C(C)(C)C)c1cc(Cl)nnc1Cl. The van der Waals surface area contributed by atoms with Crippen LogP contribution in [0.25, 0.3) is 0 Å². The lowest BCUT2D eigenvalue weighted by Gasteiger charge is -2.26. The van der Waals surface area contributed by atoms with Gasteiger partial charge in [0.1, 0.15) is 4.75 Å². The quantitative estimate of drug-likeness (QED) is 0.871. The summed E-state index contributed by atoms with van der Waals surface area (Å²) in [6.45, 7) is 7.52. The molecule has 96 valence electrons. The van der Waals surface area contributed by atoms with Gasteiger partial charge in [-0.1, -0.05) is 23.2 Å². The Kier molecular flexibility index (Phi) is 5.04. The van der Waals surface area contributed by atoms with Crippen molar-refractivity contribution in [2.24, 2.45) is 0 Å². The first-order valence-electron chi connectivity index (χ1n) is 5.08. The van der Waals surface area contributed by atoms with Crippen LogP contribution in [0.1, 0.15) is 39.3 Å². The second kappa shape index (κ2) is 5.71. The second-order valence-corrected chi connectivity index (χ2v) is 7.38. The Balaban J connectivity index is 2.83. The van der Waals surface area contributed by atoms with E-state index in [9.17, 15) is 4.55 Å². The smallest absolute Gasteiger partial charge is 0.156 e. The standard InChI is InChI=1S/C10H15Cl2N3OS/c1-6(15-17(16)10(2,3)4)7-5-8(11)13-14-9(7)12/h5-6,15H,1-4H3/t6?,17-/m0/s1. The van der Waals surface area contributed by atoms with E-state index >= 15 is 0 Å². The highest BCUT2D eigenvalue weighted by atomic mass is 35.5. The molecule has 1 heterocycles. The molecule has 1 rings (SSSR count). The zero-order valence-corrected chi connectivity index (χ0v) is 12.4. The van der Waals surface area contributed by atoms with Gasteiger partial charge in [0.05, 0.1) is 6.04 Å². The summed E-state index contributed by atoms with van der Waals surface area (Å²) in [6, 6.07) is 1.41. The largest absolute Gasteiger partial charge is 0.598 e. The van der Waals surface area contributed by atoms with Gasteiger partial charge in [0.2, 0.25) is 0 Å². The van der Waals surface area contributed by atoms with Crippen LogP contribution in [0.2, 0.25) is 10.3 Å². The van der Waals surface area contributed by atoms with Crippen LogP contribution < -0.4 is 4.72 Å². The van der Waals surface area contributed by atoms with E-state index in [-0.39, 0.29) is 21.1 Å². The van der Waals surface area contributed by atoms with E-state index in [4.69, 9.17) is 23.2 Å². The number of halogens is 2. The molecule has 0 bridgehead atoms. The summed E-state index contributed by atoms with van der Waals surface area (Å²) in [5.41, 5.74) is 0.685. The average molecular weight is 296 g/mol. The number of hydrogen-bond donors (Lipinski definition) is 1.